The van der Waals surface area contributed by atoms with Gasteiger partial charge in [-0.15, -0.1) is 21.5 Å². The van der Waals surface area contributed by atoms with E-state index >= 15 is 0 Å². The summed E-state index contributed by atoms with van der Waals surface area (Å²) in [5, 5.41) is 18.0. The van der Waals surface area contributed by atoms with Crippen molar-refractivity contribution in [3.05, 3.63) is 89.8 Å². The Bertz CT molecular complexity index is 1290. The molecule has 1 N–H and O–H groups in total. The normalized spacial score (nSPS) is 11.1. The second kappa shape index (κ2) is 7.92. The van der Waals surface area contributed by atoms with Gasteiger partial charge in [0.25, 0.3) is 5.91 Å². The molecule has 0 atom stereocenters. The van der Waals surface area contributed by atoms with Crippen molar-refractivity contribution in [2.24, 2.45) is 0 Å². The summed E-state index contributed by atoms with van der Waals surface area (Å²) < 4.78 is 3.67. The van der Waals surface area contributed by atoms with Crippen molar-refractivity contribution >= 4 is 22.9 Å². The van der Waals surface area contributed by atoms with Crippen LogP contribution in [0.3, 0.4) is 0 Å². The predicted molar refractivity (Wildman–Crippen MR) is 116 cm³/mol. The molecular weight excluding hydrogens is 396 g/mol. The number of nitrogens with zero attached hydrogens (tertiary/aromatic N) is 5. The molecule has 0 saturated carbocycles. The van der Waals surface area contributed by atoms with Crippen LogP contribution in [-0.4, -0.2) is 36.8 Å². The third-order valence-electron chi connectivity index (χ3n) is 4.75. The number of para-hydroxylation sites is 1. The Labute approximate surface area is 176 Å². The summed E-state index contributed by atoms with van der Waals surface area (Å²) in [6.45, 7) is 0.453. The van der Waals surface area contributed by atoms with E-state index in [1.54, 1.807) is 22.2 Å². The number of nitrogens with one attached hydrogen (secondary N) is 1. The molecule has 5 aromatic rings. The smallest absolute Gasteiger partial charge is 0.255 e. The van der Waals surface area contributed by atoms with Crippen LogP contribution in [0.4, 0.5) is 0 Å². The van der Waals surface area contributed by atoms with E-state index in [-0.39, 0.29) is 5.91 Å². The summed E-state index contributed by atoms with van der Waals surface area (Å²) in [4.78, 5) is 14.0. The minimum Gasteiger partial charge on any atom is -0.351 e. The van der Waals surface area contributed by atoms with Gasteiger partial charge >= 0.3 is 0 Å². The van der Waals surface area contributed by atoms with Crippen molar-refractivity contribution in [2.45, 2.75) is 6.42 Å². The molecule has 0 bridgehead atoms. The molecule has 8 heteroatoms. The first-order valence-electron chi connectivity index (χ1n) is 9.55. The molecule has 1 aromatic carbocycles. The van der Waals surface area contributed by atoms with E-state index in [9.17, 15) is 4.79 Å². The average molecular weight is 414 g/mol. The second-order valence-corrected chi connectivity index (χ2v) is 7.65. The Morgan fingerprint density at radius 2 is 1.87 bits per heavy atom. The van der Waals surface area contributed by atoms with E-state index in [0.29, 0.717) is 24.2 Å². The number of aromatic nitrogens is 5. The molecule has 0 unspecified atom stereocenters. The second-order valence-electron chi connectivity index (χ2n) is 6.70. The summed E-state index contributed by atoms with van der Waals surface area (Å²) in [5.74, 6) is 0.652. The zero-order chi connectivity index (χ0) is 20.3. The maximum absolute atomic E-state index is 13.0. The number of hydrogen-bond donors (Lipinski definition) is 1. The highest BCUT2D eigenvalue weighted by molar-refractivity contribution is 7.13. The van der Waals surface area contributed by atoms with Crippen molar-refractivity contribution < 1.29 is 4.79 Å². The van der Waals surface area contributed by atoms with Gasteiger partial charge in [0.2, 0.25) is 0 Å². The quantitative estimate of drug-likeness (QED) is 0.460. The largest absolute Gasteiger partial charge is 0.351 e. The third-order valence-corrected chi connectivity index (χ3v) is 5.63. The van der Waals surface area contributed by atoms with Crippen LogP contribution in [0.2, 0.25) is 0 Å². The monoisotopic (exact) mass is 414 g/mol. The number of pyridine rings is 1. The van der Waals surface area contributed by atoms with Crippen molar-refractivity contribution in [3.8, 4) is 16.3 Å². The molecule has 30 heavy (non-hydrogen) atoms. The summed E-state index contributed by atoms with van der Waals surface area (Å²) in [6.07, 6.45) is 4.29. The van der Waals surface area contributed by atoms with Crippen LogP contribution in [0.1, 0.15) is 16.2 Å². The van der Waals surface area contributed by atoms with Crippen LogP contribution in [0.5, 0.6) is 0 Å². The molecule has 0 fully saturated rings. The van der Waals surface area contributed by atoms with Gasteiger partial charge < -0.3 is 5.32 Å². The average Bonchev–Trinajstić information content (AvgIpc) is 3.54. The van der Waals surface area contributed by atoms with Crippen molar-refractivity contribution in [3.63, 3.8) is 0 Å². The highest BCUT2D eigenvalue weighted by Crippen LogP contribution is 2.27. The molecule has 5 rings (SSSR count). The first kappa shape index (κ1) is 18.3. The number of fused-ring (bicyclic) bond motifs is 1. The van der Waals surface area contributed by atoms with E-state index in [4.69, 9.17) is 0 Å². The topological polar surface area (TPSA) is 77.1 Å². The van der Waals surface area contributed by atoms with Gasteiger partial charge in [0, 0.05) is 25.4 Å². The summed E-state index contributed by atoms with van der Waals surface area (Å²) >= 11 is 1.56. The van der Waals surface area contributed by atoms with Crippen LogP contribution >= 0.6 is 11.3 Å². The fourth-order valence-electron chi connectivity index (χ4n) is 3.29. The maximum Gasteiger partial charge on any atom is 0.255 e. The van der Waals surface area contributed by atoms with Gasteiger partial charge in [0.15, 0.2) is 5.65 Å². The van der Waals surface area contributed by atoms with E-state index in [1.165, 1.54) is 0 Å². The zero-order valence-corrected chi connectivity index (χ0v) is 16.8. The van der Waals surface area contributed by atoms with E-state index in [0.717, 1.165) is 22.0 Å². The lowest BCUT2D eigenvalue weighted by molar-refractivity contribution is 0.0954. The molecule has 1 amide bonds. The first-order chi connectivity index (χ1) is 14.8. The van der Waals surface area contributed by atoms with Gasteiger partial charge in [0.05, 0.1) is 16.1 Å². The number of amides is 1. The first-order valence-corrected chi connectivity index (χ1v) is 10.4. The molecule has 0 saturated heterocycles. The lowest BCUT2D eigenvalue weighted by Crippen LogP contribution is -2.26. The molecule has 4 aromatic heterocycles. The molecule has 0 aliphatic heterocycles. The predicted octanol–water partition coefficient (Wildman–Crippen LogP) is 3.62. The summed E-state index contributed by atoms with van der Waals surface area (Å²) in [5.41, 5.74) is 2.93. The van der Waals surface area contributed by atoms with Crippen molar-refractivity contribution in [1.29, 1.82) is 0 Å². The zero-order valence-electron chi connectivity index (χ0n) is 16.0. The fourth-order valence-corrected chi connectivity index (χ4v) is 4.02. The Kier molecular flexibility index (Phi) is 4.82. The molecule has 0 aliphatic carbocycles. The molecule has 0 spiro atoms. The number of thiophene rings is 1. The van der Waals surface area contributed by atoms with Crippen molar-refractivity contribution in [2.75, 3.05) is 6.54 Å². The fraction of sp³-hybridized carbons (Fsp3) is 0.0909. The van der Waals surface area contributed by atoms with E-state index in [1.807, 2.05) is 76.6 Å². The van der Waals surface area contributed by atoms with Crippen molar-refractivity contribution in [1.82, 2.24) is 29.7 Å². The minimum atomic E-state index is -0.158. The van der Waals surface area contributed by atoms with Crippen LogP contribution < -0.4 is 5.32 Å². The Hall–Kier alpha value is -3.78. The number of carbonyl (C=O) groups is 1. The molecule has 7 nitrogen and oxygen atoms in total. The van der Waals surface area contributed by atoms with Gasteiger partial charge in [0.1, 0.15) is 11.5 Å². The number of benzene rings is 1. The third kappa shape index (κ3) is 3.48. The number of rotatable bonds is 6. The van der Waals surface area contributed by atoms with Gasteiger partial charge in [-0.25, -0.2) is 4.68 Å². The molecule has 0 radical (unpaired) electrons. The number of hydrogen-bond acceptors (Lipinski definition) is 5. The highest BCUT2D eigenvalue weighted by atomic mass is 32.1. The lowest BCUT2D eigenvalue weighted by atomic mass is 10.2. The standard InChI is InChI=1S/C22H18N6OS/c29-22(23-12-11-20-25-24-19-10-4-5-13-27(19)20)17-15-28(16-7-2-1-3-8-16)26-21(17)18-9-6-14-30-18/h1-10,13-15H,11-12H2,(H,23,29). The van der Waals surface area contributed by atoms with Crippen LogP contribution in [0, 0.1) is 0 Å². The van der Waals surface area contributed by atoms with Gasteiger partial charge in [-0.05, 0) is 35.7 Å². The van der Waals surface area contributed by atoms with E-state index in [2.05, 4.69) is 20.6 Å². The Morgan fingerprint density at radius 1 is 1.00 bits per heavy atom. The minimum absolute atomic E-state index is 0.158. The molecule has 0 aliphatic rings. The van der Waals surface area contributed by atoms with Gasteiger partial charge in [-0.3, -0.25) is 9.20 Å². The maximum atomic E-state index is 13.0. The van der Waals surface area contributed by atoms with Crippen LogP contribution in [0.15, 0.2) is 78.4 Å². The van der Waals surface area contributed by atoms with Gasteiger partial charge in [-0.2, -0.15) is 5.10 Å². The lowest BCUT2D eigenvalue weighted by Gasteiger charge is -2.04. The van der Waals surface area contributed by atoms with E-state index < -0.39 is 0 Å². The SMILES string of the molecule is O=C(NCCc1nnc2ccccn12)c1cn(-c2ccccc2)nc1-c1cccs1. The van der Waals surface area contributed by atoms with Crippen LogP contribution in [-0.2, 0) is 6.42 Å². The highest BCUT2D eigenvalue weighted by Gasteiger charge is 2.19. The molecular formula is C22H18N6OS. The summed E-state index contributed by atoms with van der Waals surface area (Å²) in [6, 6.07) is 19.5. The van der Waals surface area contributed by atoms with Gasteiger partial charge in [-0.1, -0.05) is 30.3 Å². The van der Waals surface area contributed by atoms with Crippen LogP contribution in [0.25, 0.3) is 21.9 Å². The molecule has 4 heterocycles. The molecule has 148 valence electrons. The summed E-state index contributed by atoms with van der Waals surface area (Å²) in [7, 11) is 0. The Balaban J connectivity index is 1.37. The number of carbonyl (C=O) groups excluding carboxylic acids is 1. The Morgan fingerprint density at radius 3 is 2.70 bits per heavy atom.